The van der Waals surface area contributed by atoms with Gasteiger partial charge in [-0.3, -0.25) is 4.79 Å². The molecule has 1 saturated carbocycles. The van der Waals surface area contributed by atoms with Gasteiger partial charge >= 0.3 is 5.97 Å². The number of thiophene rings is 1. The zero-order chi connectivity index (χ0) is 17.4. The summed E-state index contributed by atoms with van der Waals surface area (Å²) in [6.07, 6.45) is 4.81. The smallest absolute Gasteiger partial charge is 0.341 e. The average Bonchev–Trinajstić information content (AvgIpc) is 3.21. The summed E-state index contributed by atoms with van der Waals surface area (Å²) in [6, 6.07) is 0. The van der Waals surface area contributed by atoms with Crippen molar-refractivity contribution in [2.45, 2.75) is 37.9 Å². The number of amides is 1. The number of esters is 1. The highest BCUT2D eigenvalue weighted by Gasteiger charge is 2.30. The fourth-order valence-corrected chi connectivity index (χ4v) is 6.16. The number of ether oxygens (including phenoxy) is 1. The van der Waals surface area contributed by atoms with Crippen LogP contribution >= 0.6 is 34.4 Å². The van der Waals surface area contributed by atoms with Crippen LogP contribution < -0.4 is 5.32 Å². The van der Waals surface area contributed by atoms with E-state index in [1.807, 2.05) is 11.8 Å². The zero-order valence-electron chi connectivity index (χ0n) is 13.8. The number of nitrogens with zero attached hydrogens (tertiary/aromatic N) is 1. The lowest BCUT2D eigenvalue weighted by molar-refractivity contribution is 0.0527. The minimum Gasteiger partial charge on any atom is -0.462 e. The molecule has 8 heteroatoms. The van der Waals surface area contributed by atoms with Crippen molar-refractivity contribution in [3.63, 3.8) is 0 Å². The van der Waals surface area contributed by atoms with Crippen molar-refractivity contribution in [1.82, 2.24) is 4.98 Å². The highest BCUT2D eigenvalue weighted by Crippen LogP contribution is 2.42. The molecule has 1 N–H and O–H groups in total. The summed E-state index contributed by atoms with van der Waals surface area (Å²) in [5.41, 5.74) is 1.59. The van der Waals surface area contributed by atoms with E-state index in [-0.39, 0.29) is 11.9 Å². The summed E-state index contributed by atoms with van der Waals surface area (Å²) in [4.78, 5) is 31.2. The highest BCUT2D eigenvalue weighted by atomic mass is 32.2. The molecule has 132 valence electrons. The molecule has 2 aromatic rings. The Bertz CT molecular complexity index is 823. The topological polar surface area (TPSA) is 68.3 Å². The number of hydrogen-bond acceptors (Lipinski definition) is 7. The first-order valence-electron chi connectivity index (χ1n) is 8.33. The van der Waals surface area contributed by atoms with Crippen molar-refractivity contribution >= 4 is 51.3 Å². The van der Waals surface area contributed by atoms with Crippen LogP contribution in [0.25, 0.3) is 0 Å². The molecule has 1 aliphatic heterocycles. The molecule has 0 unspecified atom stereocenters. The van der Waals surface area contributed by atoms with Gasteiger partial charge in [-0.25, -0.2) is 9.78 Å². The van der Waals surface area contributed by atoms with E-state index in [1.165, 1.54) is 22.7 Å². The minimum absolute atomic E-state index is 0.193. The van der Waals surface area contributed by atoms with Crippen LogP contribution in [0.3, 0.4) is 0 Å². The Balaban J connectivity index is 1.60. The molecule has 2 aliphatic rings. The number of thiazole rings is 1. The predicted octanol–water partition coefficient (Wildman–Crippen LogP) is 4.30. The largest absolute Gasteiger partial charge is 0.462 e. The van der Waals surface area contributed by atoms with Crippen molar-refractivity contribution in [2.24, 2.45) is 0 Å². The molecule has 0 atom stereocenters. The Labute approximate surface area is 158 Å². The molecule has 1 amide bonds. The van der Waals surface area contributed by atoms with Crippen LogP contribution in [0.15, 0.2) is 6.20 Å². The highest BCUT2D eigenvalue weighted by molar-refractivity contribution is 7.98. The summed E-state index contributed by atoms with van der Waals surface area (Å²) >= 11 is 4.80. The molecular weight excluding hydrogens is 376 g/mol. The minimum atomic E-state index is -0.342. The Morgan fingerprint density at radius 1 is 1.36 bits per heavy atom. The van der Waals surface area contributed by atoms with Gasteiger partial charge in [0.05, 0.1) is 23.4 Å². The third-order valence-electron chi connectivity index (χ3n) is 4.20. The second kappa shape index (κ2) is 7.09. The Morgan fingerprint density at radius 3 is 2.96 bits per heavy atom. The normalized spacial score (nSPS) is 16.4. The van der Waals surface area contributed by atoms with Crippen molar-refractivity contribution in [1.29, 1.82) is 0 Å². The SMILES string of the molecule is CCOC(=O)c1c(NC(=O)c2cnc(C3CC3)s2)sc2c1CCSC2. The Kier molecular flexibility index (Phi) is 4.84. The number of fused-ring (bicyclic) bond motifs is 1. The molecule has 2 aromatic heterocycles. The lowest BCUT2D eigenvalue weighted by Crippen LogP contribution is -2.15. The molecule has 0 bridgehead atoms. The van der Waals surface area contributed by atoms with E-state index in [4.69, 9.17) is 4.74 Å². The van der Waals surface area contributed by atoms with E-state index >= 15 is 0 Å². The summed E-state index contributed by atoms with van der Waals surface area (Å²) in [6.45, 7) is 2.12. The molecule has 0 aromatic carbocycles. The van der Waals surface area contributed by atoms with Crippen LogP contribution in [0.1, 0.15) is 61.2 Å². The molecule has 5 nitrogen and oxygen atoms in total. The van der Waals surface area contributed by atoms with Gasteiger partial charge in [0.25, 0.3) is 5.91 Å². The van der Waals surface area contributed by atoms with E-state index in [0.29, 0.717) is 28.0 Å². The van der Waals surface area contributed by atoms with E-state index in [2.05, 4.69) is 10.3 Å². The number of hydrogen-bond donors (Lipinski definition) is 1. The third kappa shape index (κ3) is 3.47. The molecule has 0 spiro atoms. The van der Waals surface area contributed by atoms with Crippen LogP contribution in [0.5, 0.6) is 0 Å². The Hall–Kier alpha value is -1.38. The van der Waals surface area contributed by atoms with Crippen molar-refractivity contribution in [3.8, 4) is 0 Å². The van der Waals surface area contributed by atoms with Crippen LogP contribution in [-0.2, 0) is 16.9 Å². The summed E-state index contributed by atoms with van der Waals surface area (Å²) in [5, 5.41) is 4.58. The number of rotatable bonds is 5. The monoisotopic (exact) mass is 394 g/mol. The molecule has 0 radical (unpaired) electrons. The van der Waals surface area contributed by atoms with E-state index < -0.39 is 0 Å². The number of carbonyl (C=O) groups is 2. The molecule has 4 rings (SSSR count). The van der Waals surface area contributed by atoms with E-state index in [9.17, 15) is 9.59 Å². The maximum atomic E-state index is 12.6. The fraction of sp³-hybridized carbons (Fsp3) is 0.471. The van der Waals surface area contributed by atoms with Gasteiger partial charge in [-0.15, -0.1) is 22.7 Å². The van der Waals surface area contributed by atoms with Gasteiger partial charge in [0.15, 0.2) is 0 Å². The maximum absolute atomic E-state index is 12.6. The van der Waals surface area contributed by atoms with Crippen LogP contribution in [0.2, 0.25) is 0 Å². The van der Waals surface area contributed by atoms with E-state index in [1.54, 1.807) is 13.1 Å². The average molecular weight is 395 g/mol. The van der Waals surface area contributed by atoms with Crippen LogP contribution in [0.4, 0.5) is 5.00 Å². The van der Waals surface area contributed by atoms with Gasteiger partial charge in [-0.1, -0.05) is 0 Å². The van der Waals surface area contributed by atoms with Gasteiger partial charge in [-0.2, -0.15) is 11.8 Å². The summed E-state index contributed by atoms with van der Waals surface area (Å²) in [5.74, 6) is 1.87. The van der Waals surface area contributed by atoms with Crippen molar-refractivity contribution < 1.29 is 14.3 Å². The lowest BCUT2D eigenvalue weighted by atomic mass is 10.1. The molecule has 1 aliphatic carbocycles. The first kappa shape index (κ1) is 17.1. The van der Waals surface area contributed by atoms with Gasteiger partial charge in [0.1, 0.15) is 9.88 Å². The Morgan fingerprint density at radius 2 is 2.20 bits per heavy atom. The van der Waals surface area contributed by atoms with Gasteiger partial charge in [0.2, 0.25) is 0 Å². The maximum Gasteiger partial charge on any atom is 0.341 e. The van der Waals surface area contributed by atoms with E-state index in [0.717, 1.165) is 46.2 Å². The molecule has 25 heavy (non-hydrogen) atoms. The van der Waals surface area contributed by atoms with Crippen molar-refractivity contribution in [3.05, 3.63) is 32.1 Å². The molecule has 1 fully saturated rings. The number of aromatic nitrogens is 1. The van der Waals surface area contributed by atoms with Gasteiger partial charge in [-0.05, 0) is 37.5 Å². The van der Waals surface area contributed by atoms with Gasteiger partial charge < -0.3 is 10.1 Å². The number of thioether (sulfide) groups is 1. The fourth-order valence-electron chi connectivity index (χ4n) is 2.82. The second-order valence-corrected chi connectivity index (χ2v) is 9.29. The number of nitrogens with one attached hydrogen (secondary N) is 1. The number of anilines is 1. The molecule has 3 heterocycles. The van der Waals surface area contributed by atoms with Crippen LogP contribution in [-0.4, -0.2) is 29.2 Å². The predicted molar refractivity (Wildman–Crippen MR) is 102 cm³/mol. The first-order valence-corrected chi connectivity index (χ1v) is 11.1. The molecular formula is C17H18N2O3S3. The van der Waals surface area contributed by atoms with Gasteiger partial charge in [0, 0.05) is 16.5 Å². The lowest BCUT2D eigenvalue weighted by Gasteiger charge is -2.12. The van der Waals surface area contributed by atoms with Crippen molar-refractivity contribution in [2.75, 3.05) is 17.7 Å². The third-order valence-corrected chi connectivity index (χ3v) is 7.68. The number of carbonyl (C=O) groups excluding carboxylic acids is 2. The zero-order valence-corrected chi connectivity index (χ0v) is 16.2. The second-order valence-electron chi connectivity index (χ2n) is 6.02. The standard InChI is InChI=1S/C17H18N2O3S3/c1-2-22-17(21)13-10-5-6-23-8-12(10)25-16(13)19-14(20)11-7-18-15(24-11)9-3-4-9/h7,9H,2-6,8H2,1H3,(H,19,20). The first-order chi connectivity index (χ1) is 12.2. The molecule has 0 saturated heterocycles. The van der Waals surface area contributed by atoms with Crippen LogP contribution in [0, 0.1) is 0 Å². The quantitative estimate of drug-likeness (QED) is 0.766. The summed E-state index contributed by atoms with van der Waals surface area (Å²) < 4.78 is 5.22. The summed E-state index contributed by atoms with van der Waals surface area (Å²) in [7, 11) is 0.